The number of aliphatic hydroxyl groups is 3. The van der Waals surface area contributed by atoms with Gasteiger partial charge in [-0.15, -0.1) is 0 Å². The van der Waals surface area contributed by atoms with E-state index in [0.29, 0.717) is 6.61 Å². The second-order valence-corrected chi connectivity index (χ2v) is 2.59. The molecule has 0 amide bonds. The Morgan fingerprint density at radius 1 is 0.769 bits per heavy atom. The Morgan fingerprint density at radius 3 is 1.23 bits per heavy atom. The van der Waals surface area contributed by atoms with E-state index in [1.54, 1.807) is 0 Å². The van der Waals surface area contributed by atoms with Gasteiger partial charge in [-0.3, -0.25) is 0 Å². The van der Waals surface area contributed by atoms with Crippen molar-refractivity contribution in [1.82, 2.24) is 0 Å². The number of hydrogen-bond acceptors (Lipinski definition) is 3. The molecule has 0 aliphatic carbocycles. The summed E-state index contributed by atoms with van der Waals surface area (Å²) >= 11 is 0. The third-order valence-corrected chi connectivity index (χ3v) is 1.33. The van der Waals surface area contributed by atoms with Crippen molar-refractivity contribution >= 4 is 0 Å². The van der Waals surface area contributed by atoms with Crippen LogP contribution in [0.4, 0.5) is 0 Å². The largest absolute Gasteiger partial charge is 1.00 e. The van der Waals surface area contributed by atoms with Crippen molar-refractivity contribution in [1.29, 1.82) is 0 Å². The standard InChI is InChI=1S/C5H12O.C4H10O2.Na.H/c1-2-3-4-5-6;5-3-1-2-4-6;;/h6H,2-5H2,1H3;5-6H,1-4H2;;/q;;+1;-1. The van der Waals surface area contributed by atoms with Crippen LogP contribution in [0, 0.1) is 0 Å². The van der Waals surface area contributed by atoms with E-state index in [0.717, 1.165) is 25.7 Å². The first-order valence-corrected chi connectivity index (χ1v) is 4.66. The molecule has 0 aromatic rings. The Balaban J connectivity index is -0.0000000625. The second-order valence-electron chi connectivity index (χ2n) is 2.59. The van der Waals surface area contributed by atoms with Crippen LogP contribution in [0.15, 0.2) is 0 Å². The van der Waals surface area contributed by atoms with Gasteiger partial charge in [0.1, 0.15) is 0 Å². The zero-order valence-corrected chi connectivity index (χ0v) is 11.0. The first-order valence-electron chi connectivity index (χ1n) is 4.66. The number of unbranched alkanes of at least 4 members (excludes halogenated alkanes) is 3. The maximum absolute atomic E-state index is 8.20. The monoisotopic (exact) mass is 202 g/mol. The summed E-state index contributed by atoms with van der Waals surface area (Å²) in [7, 11) is 0. The van der Waals surface area contributed by atoms with Crippen LogP contribution < -0.4 is 29.6 Å². The minimum absolute atomic E-state index is 0. The minimum atomic E-state index is 0. The zero-order valence-electron chi connectivity index (χ0n) is 10.00. The van der Waals surface area contributed by atoms with Crippen LogP contribution in [0.25, 0.3) is 0 Å². The molecule has 0 heterocycles. The summed E-state index contributed by atoms with van der Waals surface area (Å²) in [5, 5.41) is 24.4. The first kappa shape index (κ1) is 19.5. The van der Waals surface area contributed by atoms with Crippen LogP contribution in [0.1, 0.15) is 40.5 Å². The summed E-state index contributed by atoms with van der Waals surface area (Å²) in [6.07, 6.45) is 4.76. The summed E-state index contributed by atoms with van der Waals surface area (Å²) in [6.45, 7) is 2.87. The Bertz CT molecular complexity index is 52.0. The number of rotatable bonds is 6. The van der Waals surface area contributed by atoms with Gasteiger partial charge < -0.3 is 16.7 Å². The van der Waals surface area contributed by atoms with Gasteiger partial charge in [0.15, 0.2) is 0 Å². The van der Waals surface area contributed by atoms with Gasteiger partial charge >= 0.3 is 29.6 Å². The van der Waals surface area contributed by atoms with Gasteiger partial charge in [0.25, 0.3) is 0 Å². The van der Waals surface area contributed by atoms with E-state index in [2.05, 4.69) is 6.92 Å². The molecule has 0 aromatic carbocycles. The molecule has 0 bridgehead atoms. The van der Waals surface area contributed by atoms with Crippen molar-refractivity contribution in [3.8, 4) is 0 Å². The van der Waals surface area contributed by atoms with E-state index in [9.17, 15) is 0 Å². The topological polar surface area (TPSA) is 60.7 Å². The van der Waals surface area contributed by atoms with Gasteiger partial charge in [0.2, 0.25) is 0 Å². The predicted octanol–water partition coefficient (Wildman–Crippen LogP) is -1.96. The van der Waals surface area contributed by atoms with Crippen LogP contribution in [-0.2, 0) is 0 Å². The summed E-state index contributed by atoms with van der Waals surface area (Å²) < 4.78 is 0. The third-order valence-electron chi connectivity index (χ3n) is 1.33. The molecule has 78 valence electrons. The maximum atomic E-state index is 8.20. The third kappa shape index (κ3) is 32.2. The molecule has 0 aliphatic heterocycles. The molecule has 4 heteroatoms. The fourth-order valence-electron chi connectivity index (χ4n) is 0.585. The molecule has 0 radical (unpaired) electrons. The quantitative estimate of drug-likeness (QED) is 0.346. The fraction of sp³-hybridized carbons (Fsp3) is 1.00. The van der Waals surface area contributed by atoms with Gasteiger partial charge in [0.05, 0.1) is 0 Å². The van der Waals surface area contributed by atoms with E-state index in [1.807, 2.05) is 0 Å². The van der Waals surface area contributed by atoms with Crippen LogP contribution in [0.3, 0.4) is 0 Å². The normalized spacial score (nSPS) is 8.31. The molecular weight excluding hydrogens is 179 g/mol. The molecule has 3 N–H and O–H groups in total. The smallest absolute Gasteiger partial charge is 1.00 e. The molecule has 0 fully saturated rings. The molecule has 0 spiro atoms. The summed E-state index contributed by atoms with van der Waals surface area (Å²) in [5.74, 6) is 0. The van der Waals surface area contributed by atoms with Crippen molar-refractivity contribution < 1.29 is 46.3 Å². The Hall–Kier alpha value is 0.880. The summed E-state index contributed by atoms with van der Waals surface area (Å²) in [6, 6.07) is 0. The molecule has 0 rings (SSSR count). The van der Waals surface area contributed by atoms with Crippen molar-refractivity contribution in [3.05, 3.63) is 0 Å². The summed E-state index contributed by atoms with van der Waals surface area (Å²) in [5.41, 5.74) is 0. The van der Waals surface area contributed by atoms with Gasteiger partial charge in [0, 0.05) is 19.8 Å². The van der Waals surface area contributed by atoms with Gasteiger partial charge in [-0.05, 0) is 19.3 Å². The molecular formula is C9H23NaO3. The van der Waals surface area contributed by atoms with E-state index >= 15 is 0 Å². The van der Waals surface area contributed by atoms with Crippen molar-refractivity contribution in [2.24, 2.45) is 0 Å². The van der Waals surface area contributed by atoms with E-state index in [-0.39, 0.29) is 44.2 Å². The van der Waals surface area contributed by atoms with Gasteiger partial charge in [-0.2, -0.15) is 0 Å². The molecule has 13 heavy (non-hydrogen) atoms. The van der Waals surface area contributed by atoms with E-state index < -0.39 is 0 Å². The second kappa shape index (κ2) is 23.1. The SMILES string of the molecule is CCCCCO.OCCCCO.[H-].[Na+]. The van der Waals surface area contributed by atoms with Crippen LogP contribution in [0.5, 0.6) is 0 Å². The predicted molar refractivity (Wildman–Crippen MR) is 51.1 cm³/mol. The van der Waals surface area contributed by atoms with E-state index in [4.69, 9.17) is 15.3 Å². The first-order chi connectivity index (χ1) is 5.83. The van der Waals surface area contributed by atoms with Crippen LogP contribution in [0.2, 0.25) is 0 Å². The van der Waals surface area contributed by atoms with Crippen molar-refractivity contribution in [2.45, 2.75) is 39.0 Å². The summed E-state index contributed by atoms with van der Waals surface area (Å²) in [4.78, 5) is 0. The average molecular weight is 202 g/mol. The zero-order chi connectivity index (χ0) is 9.66. The molecule has 0 saturated carbocycles. The molecule has 0 unspecified atom stereocenters. The molecule has 0 aromatic heterocycles. The maximum Gasteiger partial charge on any atom is 1.00 e. The molecule has 0 saturated heterocycles. The minimum Gasteiger partial charge on any atom is -1.00 e. The average Bonchev–Trinajstić information content (AvgIpc) is 2.12. The Morgan fingerprint density at radius 2 is 1.08 bits per heavy atom. The van der Waals surface area contributed by atoms with Crippen LogP contribution in [-0.4, -0.2) is 35.1 Å². The fourth-order valence-corrected chi connectivity index (χ4v) is 0.585. The van der Waals surface area contributed by atoms with Gasteiger partial charge in [-0.25, -0.2) is 0 Å². The van der Waals surface area contributed by atoms with Crippen molar-refractivity contribution in [3.63, 3.8) is 0 Å². The number of hydrogen-bond donors (Lipinski definition) is 3. The molecule has 0 atom stereocenters. The molecule has 3 nitrogen and oxygen atoms in total. The van der Waals surface area contributed by atoms with Crippen molar-refractivity contribution in [2.75, 3.05) is 19.8 Å². The van der Waals surface area contributed by atoms with Crippen LogP contribution >= 0.6 is 0 Å². The Kier molecular flexibility index (Phi) is 34.5. The Labute approximate surface area is 105 Å². The van der Waals surface area contributed by atoms with E-state index in [1.165, 1.54) is 6.42 Å². The number of aliphatic hydroxyl groups excluding tert-OH is 3. The molecule has 0 aliphatic rings. The van der Waals surface area contributed by atoms with Gasteiger partial charge in [-0.1, -0.05) is 19.8 Å².